The first kappa shape index (κ1) is 19.2. The van der Waals surface area contributed by atoms with Crippen LogP contribution in [0.1, 0.15) is 40.4 Å². The molecular weight excluding hydrogens is 395 g/mol. The molecule has 0 fully saturated rings. The number of benzene rings is 1. The summed E-state index contributed by atoms with van der Waals surface area (Å²) in [6.07, 6.45) is 7.64. The van der Waals surface area contributed by atoms with Crippen LogP contribution in [0.15, 0.2) is 36.7 Å². The summed E-state index contributed by atoms with van der Waals surface area (Å²) in [7, 11) is 3.57. The molecule has 1 amide bonds. The Balaban J connectivity index is 1.65. The smallest absolute Gasteiger partial charge is 0.261 e. The molecule has 4 rings (SSSR count). The summed E-state index contributed by atoms with van der Waals surface area (Å²) < 4.78 is 16.6. The number of nitrogens with one attached hydrogen (secondary N) is 1. The summed E-state index contributed by atoms with van der Waals surface area (Å²) in [5, 5.41) is 11.4. The molecular formula is C20H20ClFN6O. The number of halogens is 2. The number of hydrogen-bond donors (Lipinski definition) is 2. The molecule has 1 aliphatic carbocycles. The zero-order valence-corrected chi connectivity index (χ0v) is 16.7. The molecule has 3 aromatic rings. The Kier molecular flexibility index (Phi) is 4.87. The van der Waals surface area contributed by atoms with Crippen LogP contribution < -0.4 is 11.1 Å². The Bertz CT molecular complexity index is 1130. The number of anilines is 2. The van der Waals surface area contributed by atoms with Crippen LogP contribution in [-0.4, -0.2) is 25.5 Å². The fraction of sp³-hybridized carbons (Fsp3) is 0.250. The van der Waals surface area contributed by atoms with Crippen molar-refractivity contribution in [1.29, 1.82) is 0 Å². The van der Waals surface area contributed by atoms with Crippen LogP contribution in [0.25, 0.3) is 5.57 Å². The van der Waals surface area contributed by atoms with Crippen molar-refractivity contribution in [3.63, 3.8) is 0 Å². The molecule has 29 heavy (non-hydrogen) atoms. The number of amides is 1. The molecule has 0 saturated heterocycles. The van der Waals surface area contributed by atoms with Gasteiger partial charge in [0.1, 0.15) is 22.9 Å². The minimum atomic E-state index is -0.552. The van der Waals surface area contributed by atoms with Gasteiger partial charge in [0.15, 0.2) is 0 Å². The molecule has 1 aromatic carbocycles. The molecule has 0 aliphatic heterocycles. The van der Waals surface area contributed by atoms with Gasteiger partial charge in [-0.3, -0.25) is 14.2 Å². The van der Waals surface area contributed by atoms with Crippen LogP contribution in [0.3, 0.4) is 0 Å². The van der Waals surface area contributed by atoms with Crippen LogP contribution in [0, 0.1) is 5.82 Å². The van der Waals surface area contributed by atoms with E-state index in [1.165, 1.54) is 22.9 Å². The van der Waals surface area contributed by atoms with E-state index in [1.54, 1.807) is 11.7 Å². The first-order valence-electron chi connectivity index (χ1n) is 9.12. The quantitative estimate of drug-likeness (QED) is 0.680. The van der Waals surface area contributed by atoms with Gasteiger partial charge in [-0.25, -0.2) is 4.39 Å². The van der Waals surface area contributed by atoms with E-state index in [-0.39, 0.29) is 16.8 Å². The maximum atomic E-state index is 13.4. The van der Waals surface area contributed by atoms with Crippen molar-refractivity contribution in [1.82, 2.24) is 19.6 Å². The van der Waals surface area contributed by atoms with Gasteiger partial charge in [-0.05, 0) is 42.2 Å². The first-order valence-corrected chi connectivity index (χ1v) is 9.49. The van der Waals surface area contributed by atoms with Gasteiger partial charge < -0.3 is 11.1 Å². The molecule has 0 spiro atoms. The molecule has 2 heterocycles. The van der Waals surface area contributed by atoms with E-state index in [0.29, 0.717) is 16.9 Å². The Labute approximate surface area is 172 Å². The monoisotopic (exact) mass is 414 g/mol. The number of aryl methyl sites for hydroxylation is 2. The van der Waals surface area contributed by atoms with Gasteiger partial charge >= 0.3 is 0 Å². The van der Waals surface area contributed by atoms with E-state index < -0.39 is 11.7 Å². The van der Waals surface area contributed by atoms with Crippen molar-refractivity contribution in [3.8, 4) is 0 Å². The minimum absolute atomic E-state index is 0.0694. The van der Waals surface area contributed by atoms with Gasteiger partial charge in [-0.2, -0.15) is 10.2 Å². The van der Waals surface area contributed by atoms with E-state index in [2.05, 4.69) is 21.6 Å². The summed E-state index contributed by atoms with van der Waals surface area (Å²) >= 11 is 5.81. The highest BCUT2D eigenvalue weighted by molar-refractivity contribution is 6.31. The van der Waals surface area contributed by atoms with E-state index in [1.807, 2.05) is 19.4 Å². The second kappa shape index (κ2) is 7.36. The van der Waals surface area contributed by atoms with Crippen LogP contribution in [0.4, 0.5) is 15.9 Å². The van der Waals surface area contributed by atoms with Gasteiger partial charge in [0.2, 0.25) is 0 Å². The summed E-state index contributed by atoms with van der Waals surface area (Å²) in [5.41, 5.74) is 9.47. The number of hydrogen-bond acceptors (Lipinski definition) is 4. The zero-order chi connectivity index (χ0) is 20.7. The Morgan fingerprint density at radius 2 is 2.17 bits per heavy atom. The second-order valence-corrected chi connectivity index (χ2v) is 7.51. The number of aromatic nitrogens is 4. The molecule has 0 saturated carbocycles. The lowest BCUT2D eigenvalue weighted by Crippen LogP contribution is -2.15. The zero-order valence-electron chi connectivity index (χ0n) is 16.0. The molecule has 1 atom stereocenters. The molecule has 2 aromatic heterocycles. The van der Waals surface area contributed by atoms with Crippen molar-refractivity contribution < 1.29 is 9.18 Å². The van der Waals surface area contributed by atoms with Crippen LogP contribution in [-0.2, 0) is 14.1 Å². The van der Waals surface area contributed by atoms with E-state index in [4.69, 9.17) is 17.3 Å². The molecule has 3 N–H and O–H groups in total. The number of carbonyl (C=O) groups is 1. The van der Waals surface area contributed by atoms with E-state index in [9.17, 15) is 9.18 Å². The standard InChI is InChI=1S/C20H20ClFN6O/c1-27-10-13(9-24-27)11-3-4-12(7-11)18-17(19(23)28(2)26-18)20(29)25-14-5-6-16(22)15(21)8-14/h5-11H,3-4,23H2,1-2H3,(H,25,29). The summed E-state index contributed by atoms with van der Waals surface area (Å²) in [5.74, 6) is -0.493. The average molecular weight is 415 g/mol. The predicted molar refractivity (Wildman–Crippen MR) is 110 cm³/mol. The topological polar surface area (TPSA) is 90.8 Å². The molecule has 0 radical (unpaired) electrons. The first-order chi connectivity index (χ1) is 13.8. The SMILES string of the molecule is Cn1cc(C2C=C(c3nn(C)c(N)c3C(=O)Nc3ccc(F)c(Cl)c3)CC2)cn1. The lowest BCUT2D eigenvalue weighted by atomic mass is 10.0. The third-order valence-corrected chi connectivity index (χ3v) is 5.37. The average Bonchev–Trinajstić information content (AvgIpc) is 3.38. The summed E-state index contributed by atoms with van der Waals surface area (Å²) in [6.45, 7) is 0. The number of nitrogen functional groups attached to an aromatic ring is 1. The lowest BCUT2D eigenvalue weighted by Gasteiger charge is -2.07. The van der Waals surface area contributed by atoms with Crippen molar-refractivity contribution in [2.24, 2.45) is 14.1 Å². The number of nitrogens with zero attached hydrogens (tertiary/aromatic N) is 4. The Hall–Kier alpha value is -3.13. The molecule has 150 valence electrons. The molecule has 1 unspecified atom stereocenters. The number of rotatable bonds is 4. The summed E-state index contributed by atoms with van der Waals surface area (Å²) in [6, 6.07) is 4.00. The highest BCUT2D eigenvalue weighted by Gasteiger charge is 2.28. The fourth-order valence-electron chi connectivity index (χ4n) is 3.57. The predicted octanol–water partition coefficient (Wildman–Crippen LogP) is 3.74. The maximum Gasteiger partial charge on any atom is 0.261 e. The Morgan fingerprint density at radius 3 is 2.86 bits per heavy atom. The van der Waals surface area contributed by atoms with Crippen molar-refractivity contribution in [2.75, 3.05) is 11.1 Å². The third kappa shape index (κ3) is 3.63. The maximum absolute atomic E-state index is 13.4. The highest BCUT2D eigenvalue weighted by atomic mass is 35.5. The van der Waals surface area contributed by atoms with Crippen molar-refractivity contribution in [3.05, 3.63) is 64.3 Å². The number of allylic oxidation sites excluding steroid dienone is 2. The van der Waals surface area contributed by atoms with Crippen molar-refractivity contribution in [2.45, 2.75) is 18.8 Å². The van der Waals surface area contributed by atoms with Gasteiger partial charge in [-0.1, -0.05) is 17.7 Å². The van der Waals surface area contributed by atoms with Crippen LogP contribution in [0.2, 0.25) is 5.02 Å². The minimum Gasteiger partial charge on any atom is -0.383 e. The highest BCUT2D eigenvalue weighted by Crippen LogP contribution is 2.39. The third-order valence-electron chi connectivity index (χ3n) is 5.08. The van der Waals surface area contributed by atoms with Crippen LogP contribution in [0.5, 0.6) is 0 Å². The number of nitrogens with two attached hydrogens (primary N) is 1. The fourth-order valence-corrected chi connectivity index (χ4v) is 3.75. The molecule has 9 heteroatoms. The van der Waals surface area contributed by atoms with Crippen molar-refractivity contribution >= 4 is 34.6 Å². The van der Waals surface area contributed by atoms with Gasteiger partial charge in [0, 0.05) is 31.9 Å². The molecule has 7 nitrogen and oxygen atoms in total. The van der Waals surface area contributed by atoms with Gasteiger partial charge in [0.25, 0.3) is 5.91 Å². The lowest BCUT2D eigenvalue weighted by molar-refractivity contribution is 0.102. The normalized spacial score (nSPS) is 16.1. The molecule has 1 aliphatic rings. The summed E-state index contributed by atoms with van der Waals surface area (Å²) in [4.78, 5) is 13.0. The Morgan fingerprint density at radius 1 is 1.38 bits per heavy atom. The van der Waals surface area contributed by atoms with Gasteiger partial charge in [0.05, 0.1) is 11.2 Å². The largest absolute Gasteiger partial charge is 0.383 e. The molecule has 0 bridgehead atoms. The van der Waals surface area contributed by atoms with E-state index in [0.717, 1.165) is 24.0 Å². The number of carbonyl (C=O) groups excluding carboxylic acids is 1. The van der Waals surface area contributed by atoms with Gasteiger partial charge in [-0.15, -0.1) is 0 Å². The van der Waals surface area contributed by atoms with E-state index >= 15 is 0 Å². The second-order valence-electron chi connectivity index (χ2n) is 7.10. The van der Waals surface area contributed by atoms with Crippen LogP contribution >= 0.6 is 11.6 Å².